The molecule has 1 aliphatic heterocycles. The number of imide groups is 1. The Morgan fingerprint density at radius 3 is 2.67 bits per heavy atom. The van der Waals surface area contributed by atoms with Crippen molar-refractivity contribution in [2.24, 2.45) is 5.92 Å². The monoisotopic (exact) mass is 349 g/mol. The molecule has 0 radical (unpaired) electrons. The molecule has 2 aliphatic rings. The number of amides is 4. The van der Waals surface area contributed by atoms with Crippen molar-refractivity contribution in [3.05, 3.63) is 22.4 Å². The summed E-state index contributed by atoms with van der Waals surface area (Å²) in [5.41, 5.74) is -0.761. The summed E-state index contributed by atoms with van der Waals surface area (Å²) in [5, 5.41) is 7.73. The third-order valence-corrected chi connectivity index (χ3v) is 5.79. The van der Waals surface area contributed by atoms with E-state index in [1.165, 1.54) is 0 Å². The van der Waals surface area contributed by atoms with Gasteiger partial charge in [-0.25, -0.2) is 4.79 Å². The molecule has 1 spiro atoms. The molecular weight excluding hydrogens is 326 g/mol. The Morgan fingerprint density at radius 2 is 2.08 bits per heavy atom. The Balaban J connectivity index is 1.66. The molecule has 130 valence electrons. The van der Waals surface area contributed by atoms with E-state index in [-0.39, 0.29) is 30.3 Å². The first-order chi connectivity index (χ1) is 11.4. The van der Waals surface area contributed by atoms with Gasteiger partial charge < -0.3 is 10.6 Å². The van der Waals surface area contributed by atoms with Gasteiger partial charge in [-0.2, -0.15) is 0 Å². The molecule has 2 heterocycles. The number of nitrogens with zero attached hydrogens (tertiary/aromatic N) is 1. The van der Waals surface area contributed by atoms with Crippen LogP contribution in [0.4, 0.5) is 4.79 Å². The second-order valence-corrected chi connectivity index (χ2v) is 7.89. The molecule has 0 aromatic carbocycles. The summed E-state index contributed by atoms with van der Waals surface area (Å²) in [7, 11) is 0. The first-order valence-corrected chi connectivity index (χ1v) is 9.28. The van der Waals surface area contributed by atoms with Crippen LogP contribution in [-0.4, -0.2) is 34.8 Å². The summed E-state index contributed by atoms with van der Waals surface area (Å²) >= 11 is 1.59. The number of nitrogens with one attached hydrogen (secondary N) is 2. The number of thiophene rings is 1. The lowest BCUT2D eigenvalue weighted by molar-refractivity contribution is -0.135. The van der Waals surface area contributed by atoms with E-state index in [0.717, 1.165) is 22.6 Å². The van der Waals surface area contributed by atoms with Crippen LogP contribution in [0.2, 0.25) is 0 Å². The van der Waals surface area contributed by atoms with Crippen LogP contribution in [-0.2, 0) is 9.59 Å². The number of hydrogen-bond donors (Lipinski definition) is 2. The molecule has 4 amide bonds. The maximum atomic E-state index is 12.6. The van der Waals surface area contributed by atoms with Gasteiger partial charge in [0.15, 0.2) is 0 Å². The minimum Gasteiger partial charge on any atom is -0.347 e. The van der Waals surface area contributed by atoms with Gasteiger partial charge in [0.25, 0.3) is 5.91 Å². The summed E-state index contributed by atoms with van der Waals surface area (Å²) < 4.78 is 0. The van der Waals surface area contributed by atoms with Gasteiger partial charge in [0.1, 0.15) is 12.1 Å². The summed E-state index contributed by atoms with van der Waals surface area (Å²) in [5.74, 6) is -0.338. The van der Waals surface area contributed by atoms with Gasteiger partial charge in [-0.3, -0.25) is 14.5 Å². The predicted octanol–water partition coefficient (Wildman–Crippen LogP) is 2.43. The van der Waals surface area contributed by atoms with Crippen LogP contribution in [0.25, 0.3) is 0 Å². The second-order valence-electron chi connectivity index (χ2n) is 6.92. The fraction of sp³-hybridized carbons (Fsp3) is 0.588. The fourth-order valence-corrected chi connectivity index (χ4v) is 4.48. The third-order valence-electron chi connectivity index (χ3n) is 4.84. The Hall–Kier alpha value is -1.89. The molecule has 1 aliphatic carbocycles. The van der Waals surface area contributed by atoms with Crippen molar-refractivity contribution in [1.82, 2.24) is 15.5 Å². The van der Waals surface area contributed by atoms with E-state index in [2.05, 4.69) is 10.6 Å². The Morgan fingerprint density at radius 1 is 1.38 bits per heavy atom. The lowest BCUT2D eigenvalue weighted by Crippen LogP contribution is -2.46. The topological polar surface area (TPSA) is 78.5 Å². The van der Waals surface area contributed by atoms with Crippen molar-refractivity contribution in [2.45, 2.75) is 51.1 Å². The summed E-state index contributed by atoms with van der Waals surface area (Å²) in [4.78, 5) is 39.3. The van der Waals surface area contributed by atoms with Crippen LogP contribution in [0.3, 0.4) is 0 Å². The highest BCUT2D eigenvalue weighted by molar-refractivity contribution is 7.10. The van der Waals surface area contributed by atoms with E-state index in [4.69, 9.17) is 0 Å². The van der Waals surface area contributed by atoms with Gasteiger partial charge in [-0.1, -0.05) is 32.8 Å². The van der Waals surface area contributed by atoms with Crippen LogP contribution < -0.4 is 10.6 Å². The Kier molecular flexibility index (Phi) is 4.62. The zero-order valence-corrected chi connectivity index (χ0v) is 14.8. The highest BCUT2D eigenvalue weighted by atomic mass is 32.1. The van der Waals surface area contributed by atoms with Crippen molar-refractivity contribution in [2.75, 3.05) is 6.54 Å². The third kappa shape index (κ3) is 3.05. The Labute approximate surface area is 145 Å². The summed E-state index contributed by atoms with van der Waals surface area (Å²) in [6, 6.07) is 3.37. The molecule has 1 saturated carbocycles. The maximum absolute atomic E-state index is 12.6. The minimum atomic E-state index is -0.761. The van der Waals surface area contributed by atoms with Crippen molar-refractivity contribution in [1.29, 1.82) is 0 Å². The van der Waals surface area contributed by atoms with Gasteiger partial charge >= 0.3 is 6.03 Å². The van der Waals surface area contributed by atoms with Crippen LogP contribution in [0.5, 0.6) is 0 Å². The molecule has 1 aromatic rings. The van der Waals surface area contributed by atoms with Crippen LogP contribution in [0.1, 0.15) is 50.4 Å². The molecule has 24 heavy (non-hydrogen) atoms. The largest absolute Gasteiger partial charge is 0.347 e. The van der Waals surface area contributed by atoms with Gasteiger partial charge in [0.05, 0.1) is 6.04 Å². The minimum absolute atomic E-state index is 0.112. The molecule has 2 N–H and O–H groups in total. The number of urea groups is 1. The standard InChI is InChI=1S/C17H23N3O3S/c1-11(2)14(12-6-5-9-24-12)18-13(21)10-20-15(22)17(19-16(20)23)7-3-4-8-17/h5-6,9,11,14H,3-4,7-8,10H2,1-2H3,(H,18,21)(H,19,23)/t14-/m0/s1. The molecule has 1 aromatic heterocycles. The van der Waals surface area contributed by atoms with E-state index in [0.29, 0.717) is 12.8 Å². The predicted molar refractivity (Wildman–Crippen MR) is 91.5 cm³/mol. The second kappa shape index (κ2) is 6.55. The molecule has 0 bridgehead atoms. The Bertz CT molecular complexity index is 636. The molecule has 6 nitrogen and oxygen atoms in total. The highest BCUT2D eigenvalue weighted by Crippen LogP contribution is 2.35. The van der Waals surface area contributed by atoms with Gasteiger partial charge in [-0.05, 0) is 30.2 Å². The molecule has 2 fully saturated rings. The molecule has 1 atom stereocenters. The van der Waals surface area contributed by atoms with Crippen LogP contribution in [0, 0.1) is 5.92 Å². The van der Waals surface area contributed by atoms with Gasteiger partial charge in [-0.15, -0.1) is 11.3 Å². The van der Waals surface area contributed by atoms with Gasteiger partial charge in [0.2, 0.25) is 5.91 Å². The zero-order valence-electron chi connectivity index (χ0n) is 14.0. The van der Waals surface area contributed by atoms with Crippen LogP contribution in [0.15, 0.2) is 17.5 Å². The highest BCUT2D eigenvalue weighted by Gasteiger charge is 2.52. The number of carbonyl (C=O) groups is 3. The quantitative estimate of drug-likeness (QED) is 0.802. The van der Waals surface area contributed by atoms with Crippen molar-refractivity contribution < 1.29 is 14.4 Å². The van der Waals surface area contributed by atoms with Crippen LogP contribution >= 0.6 is 11.3 Å². The SMILES string of the molecule is CC(C)[C@H](NC(=O)CN1C(=O)NC2(CCCC2)C1=O)c1cccs1. The van der Waals surface area contributed by atoms with E-state index in [1.54, 1.807) is 11.3 Å². The number of carbonyl (C=O) groups excluding carboxylic acids is 3. The van der Waals surface area contributed by atoms with E-state index in [1.807, 2.05) is 31.4 Å². The summed E-state index contributed by atoms with van der Waals surface area (Å²) in [6.45, 7) is 3.85. The van der Waals surface area contributed by atoms with Crippen molar-refractivity contribution in [3.8, 4) is 0 Å². The maximum Gasteiger partial charge on any atom is 0.325 e. The average Bonchev–Trinajstić information content (AvgIpc) is 3.24. The molecule has 0 unspecified atom stereocenters. The zero-order chi connectivity index (χ0) is 17.3. The lowest BCUT2D eigenvalue weighted by Gasteiger charge is -2.23. The smallest absolute Gasteiger partial charge is 0.325 e. The van der Waals surface area contributed by atoms with E-state index < -0.39 is 11.6 Å². The summed E-state index contributed by atoms with van der Waals surface area (Å²) in [6.07, 6.45) is 3.19. The van der Waals surface area contributed by atoms with Gasteiger partial charge in [0, 0.05) is 4.88 Å². The van der Waals surface area contributed by atoms with E-state index >= 15 is 0 Å². The molecular formula is C17H23N3O3S. The lowest BCUT2D eigenvalue weighted by atomic mass is 9.98. The number of hydrogen-bond acceptors (Lipinski definition) is 4. The first-order valence-electron chi connectivity index (χ1n) is 8.40. The molecule has 3 rings (SSSR count). The average molecular weight is 349 g/mol. The number of rotatable bonds is 5. The van der Waals surface area contributed by atoms with Crippen molar-refractivity contribution in [3.63, 3.8) is 0 Å². The fourth-order valence-electron chi connectivity index (χ4n) is 3.53. The first kappa shape index (κ1) is 17.0. The molecule has 1 saturated heterocycles. The van der Waals surface area contributed by atoms with E-state index in [9.17, 15) is 14.4 Å². The normalized spacial score (nSPS) is 20.7. The molecule has 7 heteroatoms. The van der Waals surface area contributed by atoms with Crippen molar-refractivity contribution >= 4 is 29.2 Å².